The molecule has 0 saturated heterocycles. The number of hydrogen-bond acceptors (Lipinski definition) is 5. The normalized spacial score (nSPS) is 13.3. The standard InChI is InChI=1S/C25H40O5/c1-7-8-9-10-14-25(5,6)20-16-22(29-27)24(23(17-20)30-28)21(26)15-19(4)13-11-12-18(2)3/h15-17,21,26-28H,2,7-14H2,1,3-6H3/b19-15-/t21-/m1/s1. The molecular weight excluding hydrogens is 380 g/mol. The smallest absolute Gasteiger partial charge is 0.175 e. The van der Waals surface area contributed by atoms with Crippen LogP contribution in [0.25, 0.3) is 0 Å². The van der Waals surface area contributed by atoms with Crippen LogP contribution in [0.5, 0.6) is 11.5 Å². The van der Waals surface area contributed by atoms with Gasteiger partial charge in [-0.1, -0.05) is 63.7 Å². The van der Waals surface area contributed by atoms with Gasteiger partial charge in [-0.2, -0.15) is 0 Å². The van der Waals surface area contributed by atoms with Gasteiger partial charge in [0.2, 0.25) is 0 Å². The average Bonchev–Trinajstić information content (AvgIpc) is 2.69. The summed E-state index contributed by atoms with van der Waals surface area (Å²) >= 11 is 0. The highest BCUT2D eigenvalue weighted by molar-refractivity contribution is 5.52. The molecule has 0 aromatic heterocycles. The fourth-order valence-electron chi connectivity index (χ4n) is 3.68. The first-order chi connectivity index (χ1) is 14.2. The first-order valence-corrected chi connectivity index (χ1v) is 11.0. The molecule has 0 spiro atoms. The Labute approximate surface area is 181 Å². The fourth-order valence-corrected chi connectivity index (χ4v) is 3.68. The molecule has 0 saturated carbocycles. The Hall–Kier alpha value is -1.82. The van der Waals surface area contributed by atoms with Gasteiger partial charge in [0.05, 0.1) is 5.56 Å². The van der Waals surface area contributed by atoms with Gasteiger partial charge in [0, 0.05) is 0 Å². The minimum atomic E-state index is -1.08. The van der Waals surface area contributed by atoms with E-state index in [1.54, 1.807) is 18.2 Å². The first-order valence-electron chi connectivity index (χ1n) is 11.0. The molecule has 0 bridgehead atoms. The van der Waals surface area contributed by atoms with Gasteiger partial charge in [-0.15, -0.1) is 6.58 Å². The molecule has 1 aromatic rings. The summed E-state index contributed by atoms with van der Waals surface area (Å²) < 4.78 is 0. The maximum absolute atomic E-state index is 10.7. The zero-order chi connectivity index (χ0) is 22.7. The number of allylic oxidation sites excluding steroid dienone is 2. The van der Waals surface area contributed by atoms with Gasteiger partial charge in [0.15, 0.2) is 11.5 Å². The van der Waals surface area contributed by atoms with E-state index in [1.165, 1.54) is 19.3 Å². The predicted octanol–water partition coefficient (Wildman–Crippen LogP) is 7.36. The van der Waals surface area contributed by atoms with Crippen LogP contribution < -0.4 is 9.78 Å². The monoisotopic (exact) mass is 420 g/mol. The van der Waals surface area contributed by atoms with Gasteiger partial charge >= 0.3 is 0 Å². The van der Waals surface area contributed by atoms with Gasteiger partial charge in [-0.05, 0) is 62.6 Å². The van der Waals surface area contributed by atoms with Crippen molar-refractivity contribution in [1.29, 1.82) is 0 Å². The molecule has 170 valence electrons. The summed E-state index contributed by atoms with van der Waals surface area (Å²) in [5.41, 5.74) is 2.99. The fraction of sp³-hybridized carbons (Fsp3) is 0.600. The number of aliphatic hydroxyl groups excluding tert-OH is 1. The van der Waals surface area contributed by atoms with Crippen LogP contribution in [-0.4, -0.2) is 15.6 Å². The quantitative estimate of drug-likeness (QED) is 0.127. The van der Waals surface area contributed by atoms with Gasteiger partial charge in [0.1, 0.15) is 6.10 Å². The summed E-state index contributed by atoms with van der Waals surface area (Å²) in [6.45, 7) is 14.2. The zero-order valence-electron chi connectivity index (χ0n) is 19.3. The molecular formula is C25H40O5. The lowest BCUT2D eigenvalue weighted by Crippen LogP contribution is -2.18. The van der Waals surface area contributed by atoms with Crippen LogP contribution in [-0.2, 0) is 5.41 Å². The van der Waals surface area contributed by atoms with Crippen molar-refractivity contribution >= 4 is 0 Å². The average molecular weight is 421 g/mol. The molecule has 0 unspecified atom stereocenters. The summed E-state index contributed by atoms with van der Waals surface area (Å²) in [5.74, 6) is 0.160. The summed E-state index contributed by atoms with van der Waals surface area (Å²) in [5, 5.41) is 29.7. The second kappa shape index (κ2) is 12.8. The molecule has 30 heavy (non-hydrogen) atoms. The van der Waals surface area contributed by atoms with Gasteiger partial charge in [0.25, 0.3) is 0 Å². The summed E-state index contributed by atoms with van der Waals surface area (Å²) in [6.07, 6.45) is 8.88. The molecule has 0 heterocycles. The molecule has 1 rings (SSSR count). The number of unbranched alkanes of at least 4 members (excludes halogenated alkanes) is 3. The Morgan fingerprint density at radius 2 is 1.63 bits per heavy atom. The van der Waals surface area contributed by atoms with E-state index in [9.17, 15) is 15.6 Å². The summed E-state index contributed by atoms with van der Waals surface area (Å²) in [7, 11) is 0. The van der Waals surface area contributed by atoms with Crippen LogP contribution in [0.2, 0.25) is 0 Å². The lowest BCUT2D eigenvalue weighted by molar-refractivity contribution is -0.147. The van der Waals surface area contributed by atoms with Crippen LogP contribution in [0.1, 0.15) is 103 Å². The Morgan fingerprint density at radius 1 is 1.03 bits per heavy atom. The second-order valence-electron chi connectivity index (χ2n) is 9.03. The van der Waals surface area contributed by atoms with Crippen molar-refractivity contribution in [1.82, 2.24) is 0 Å². The highest BCUT2D eigenvalue weighted by Gasteiger charge is 2.27. The second-order valence-corrected chi connectivity index (χ2v) is 9.03. The molecule has 0 aliphatic heterocycles. The zero-order valence-corrected chi connectivity index (χ0v) is 19.3. The maximum Gasteiger partial charge on any atom is 0.175 e. The van der Waals surface area contributed by atoms with E-state index in [4.69, 9.17) is 0 Å². The molecule has 0 aliphatic carbocycles. The van der Waals surface area contributed by atoms with Crippen molar-refractivity contribution in [2.45, 2.75) is 97.5 Å². The highest BCUT2D eigenvalue weighted by Crippen LogP contribution is 2.41. The van der Waals surface area contributed by atoms with Gasteiger partial charge in [-0.3, -0.25) is 0 Å². The predicted molar refractivity (Wildman–Crippen MR) is 122 cm³/mol. The van der Waals surface area contributed by atoms with Crippen LogP contribution in [0.15, 0.2) is 35.9 Å². The van der Waals surface area contributed by atoms with Crippen LogP contribution in [0.4, 0.5) is 0 Å². The third-order valence-corrected chi connectivity index (χ3v) is 5.65. The van der Waals surface area contributed by atoms with Crippen molar-refractivity contribution in [2.24, 2.45) is 0 Å². The number of aliphatic hydroxyl groups is 1. The largest absolute Gasteiger partial charge is 0.384 e. The first kappa shape index (κ1) is 26.2. The summed E-state index contributed by atoms with van der Waals surface area (Å²) in [6, 6.07) is 3.43. The van der Waals surface area contributed by atoms with Crippen molar-refractivity contribution in [3.8, 4) is 11.5 Å². The number of hydrogen-bond donors (Lipinski definition) is 3. The van der Waals surface area contributed by atoms with E-state index >= 15 is 0 Å². The molecule has 0 aliphatic rings. The maximum atomic E-state index is 10.7. The molecule has 5 heteroatoms. The molecule has 3 N–H and O–H groups in total. The molecule has 1 aromatic carbocycles. The van der Waals surface area contributed by atoms with E-state index in [-0.39, 0.29) is 22.5 Å². The van der Waals surface area contributed by atoms with E-state index in [0.29, 0.717) is 0 Å². The Bertz CT molecular complexity index is 680. The van der Waals surface area contributed by atoms with Crippen LogP contribution in [0.3, 0.4) is 0 Å². The number of rotatable bonds is 14. The van der Waals surface area contributed by atoms with Crippen LogP contribution in [0, 0.1) is 0 Å². The molecule has 1 atom stereocenters. The van der Waals surface area contributed by atoms with E-state index in [2.05, 4.69) is 37.1 Å². The van der Waals surface area contributed by atoms with Crippen LogP contribution >= 0.6 is 0 Å². The Balaban J connectivity index is 3.11. The Kier molecular flexibility index (Phi) is 11.2. The minimum absolute atomic E-state index is 0.0802. The van der Waals surface area contributed by atoms with Gasteiger partial charge in [-0.25, -0.2) is 10.5 Å². The third kappa shape index (κ3) is 8.13. The lowest BCUT2D eigenvalue weighted by atomic mass is 9.79. The number of benzene rings is 1. The SMILES string of the molecule is C=C(C)CCC/C(C)=C\[C@@H](O)c1c(OO)cc(C(C)(C)CCCCCC)cc1OO. The minimum Gasteiger partial charge on any atom is -0.384 e. The van der Waals surface area contributed by atoms with E-state index < -0.39 is 6.10 Å². The van der Waals surface area contributed by atoms with E-state index in [1.807, 2.05) is 13.8 Å². The van der Waals surface area contributed by atoms with Gasteiger partial charge < -0.3 is 14.9 Å². The third-order valence-electron chi connectivity index (χ3n) is 5.65. The molecule has 5 nitrogen and oxygen atoms in total. The highest BCUT2D eigenvalue weighted by atomic mass is 17.1. The van der Waals surface area contributed by atoms with Crippen molar-refractivity contribution in [2.75, 3.05) is 0 Å². The molecule has 0 fully saturated rings. The van der Waals surface area contributed by atoms with Crippen molar-refractivity contribution < 1.29 is 25.4 Å². The molecule has 0 radical (unpaired) electrons. The molecule has 0 amide bonds. The van der Waals surface area contributed by atoms with E-state index in [0.717, 1.165) is 48.8 Å². The van der Waals surface area contributed by atoms with Crippen molar-refractivity contribution in [3.63, 3.8) is 0 Å². The summed E-state index contributed by atoms with van der Waals surface area (Å²) in [4.78, 5) is 9.18. The van der Waals surface area contributed by atoms with Crippen molar-refractivity contribution in [3.05, 3.63) is 47.1 Å². The lowest BCUT2D eigenvalue weighted by Gasteiger charge is -2.27. The topological polar surface area (TPSA) is 79.2 Å². The Morgan fingerprint density at radius 3 is 2.13 bits per heavy atom.